The Labute approximate surface area is 110 Å². The molecule has 0 radical (unpaired) electrons. The third-order valence-electron chi connectivity index (χ3n) is 3.32. The summed E-state index contributed by atoms with van der Waals surface area (Å²) in [6.07, 6.45) is 0. The standard InChI is InChI=1S/C13H16O6/c1-17-10-3-8-9(4-11(10)18-2)19-7-13(5-14,6-15)12(8)16/h3-4,14-15H,5-7H2,1-2H3. The summed E-state index contributed by atoms with van der Waals surface area (Å²) in [5.74, 6) is 0.847. The molecule has 104 valence electrons. The van der Waals surface area contributed by atoms with Crippen molar-refractivity contribution in [3.8, 4) is 17.2 Å². The van der Waals surface area contributed by atoms with Crippen molar-refractivity contribution in [2.45, 2.75) is 0 Å². The molecule has 2 N–H and O–H groups in total. The highest BCUT2D eigenvalue weighted by molar-refractivity contribution is 6.04. The van der Waals surface area contributed by atoms with Gasteiger partial charge in [-0.2, -0.15) is 0 Å². The minimum atomic E-state index is -1.30. The number of ether oxygens (including phenoxy) is 3. The third kappa shape index (κ3) is 2.02. The Hall–Kier alpha value is -1.79. The van der Waals surface area contributed by atoms with Crippen LogP contribution in [-0.4, -0.2) is 50.0 Å². The summed E-state index contributed by atoms with van der Waals surface area (Å²) in [6.45, 7) is -1.02. The molecule has 6 heteroatoms. The molecule has 1 heterocycles. The zero-order valence-electron chi connectivity index (χ0n) is 10.8. The van der Waals surface area contributed by atoms with E-state index in [1.165, 1.54) is 20.3 Å². The zero-order valence-corrected chi connectivity index (χ0v) is 10.8. The van der Waals surface area contributed by atoms with Gasteiger partial charge in [0.15, 0.2) is 17.3 Å². The Bertz CT molecular complexity index is 492. The summed E-state index contributed by atoms with van der Waals surface area (Å²) in [4.78, 5) is 12.4. The lowest BCUT2D eigenvalue weighted by Gasteiger charge is -2.33. The van der Waals surface area contributed by atoms with E-state index in [1.54, 1.807) is 6.07 Å². The predicted molar refractivity (Wildman–Crippen MR) is 66.0 cm³/mol. The Morgan fingerprint density at radius 3 is 2.32 bits per heavy atom. The van der Waals surface area contributed by atoms with Gasteiger partial charge in [0.1, 0.15) is 17.8 Å². The van der Waals surface area contributed by atoms with E-state index in [-0.39, 0.29) is 18.0 Å². The van der Waals surface area contributed by atoms with Crippen LogP contribution >= 0.6 is 0 Å². The quantitative estimate of drug-likeness (QED) is 0.814. The summed E-state index contributed by atoms with van der Waals surface area (Å²) >= 11 is 0. The Kier molecular flexibility index (Phi) is 3.64. The molecule has 0 aromatic heterocycles. The van der Waals surface area contributed by atoms with Gasteiger partial charge in [-0.25, -0.2) is 0 Å². The summed E-state index contributed by atoms with van der Waals surface area (Å²) in [6, 6.07) is 3.06. The number of aliphatic hydroxyl groups excluding tert-OH is 2. The number of fused-ring (bicyclic) bond motifs is 1. The van der Waals surface area contributed by atoms with Crippen LogP contribution in [0.3, 0.4) is 0 Å². The molecule has 1 aliphatic heterocycles. The van der Waals surface area contributed by atoms with Gasteiger partial charge >= 0.3 is 0 Å². The van der Waals surface area contributed by atoms with E-state index in [0.717, 1.165) is 0 Å². The van der Waals surface area contributed by atoms with E-state index in [1.807, 2.05) is 0 Å². The highest BCUT2D eigenvalue weighted by atomic mass is 16.5. The fourth-order valence-electron chi connectivity index (χ4n) is 2.01. The fraction of sp³-hybridized carbons (Fsp3) is 0.462. The van der Waals surface area contributed by atoms with Crippen LogP contribution in [-0.2, 0) is 0 Å². The first-order valence-corrected chi connectivity index (χ1v) is 5.77. The first-order chi connectivity index (χ1) is 9.11. The molecule has 2 rings (SSSR count). The average molecular weight is 268 g/mol. The van der Waals surface area contributed by atoms with Gasteiger partial charge in [0.25, 0.3) is 0 Å². The van der Waals surface area contributed by atoms with Gasteiger partial charge in [-0.05, 0) is 6.07 Å². The highest BCUT2D eigenvalue weighted by Gasteiger charge is 2.44. The molecule has 0 saturated heterocycles. The van der Waals surface area contributed by atoms with Crippen molar-refractivity contribution < 1.29 is 29.2 Å². The molecule has 1 aliphatic rings. The van der Waals surface area contributed by atoms with Crippen LogP contribution in [0.15, 0.2) is 12.1 Å². The summed E-state index contributed by atoms with van der Waals surface area (Å²) in [5.41, 5.74) is -1.03. The van der Waals surface area contributed by atoms with E-state index in [0.29, 0.717) is 17.2 Å². The molecule has 0 amide bonds. The average Bonchev–Trinajstić information content (AvgIpc) is 2.47. The lowest BCUT2D eigenvalue weighted by atomic mass is 9.80. The second-order valence-electron chi connectivity index (χ2n) is 4.42. The summed E-state index contributed by atoms with van der Waals surface area (Å²) in [7, 11) is 2.95. The topological polar surface area (TPSA) is 85.2 Å². The number of aliphatic hydroxyl groups is 2. The number of ketones is 1. The molecule has 1 aromatic rings. The molecule has 0 atom stereocenters. The monoisotopic (exact) mass is 268 g/mol. The van der Waals surface area contributed by atoms with Crippen molar-refractivity contribution >= 4 is 5.78 Å². The second kappa shape index (κ2) is 5.07. The largest absolute Gasteiger partial charge is 0.493 e. The van der Waals surface area contributed by atoms with Crippen LogP contribution < -0.4 is 14.2 Å². The molecule has 0 aliphatic carbocycles. The van der Waals surface area contributed by atoms with Crippen LogP contribution in [0.25, 0.3) is 0 Å². The van der Waals surface area contributed by atoms with Gasteiger partial charge in [-0.1, -0.05) is 0 Å². The molecular formula is C13H16O6. The Morgan fingerprint density at radius 1 is 1.21 bits per heavy atom. The van der Waals surface area contributed by atoms with Crippen molar-refractivity contribution in [3.05, 3.63) is 17.7 Å². The minimum Gasteiger partial charge on any atom is -0.493 e. The van der Waals surface area contributed by atoms with Crippen molar-refractivity contribution in [3.63, 3.8) is 0 Å². The first-order valence-electron chi connectivity index (χ1n) is 5.77. The first kappa shape index (κ1) is 13.6. The number of hydrogen-bond donors (Lipinski definition) is 2. The third-order valence-corrected chi connectivity index (χ3v) is 3.32. The maximum atomic E-state index is 12.4. The molecule has 0 saturated carbocycles. The minimum absolute atomic E-state index is 0.0681. The number of Topliss-reactive ketones (excluding diaryl/α,β-unsaturated/α-hetero) is 1. The van der Waals surface area contributed by atoms with E-state index in [9.17, 15) is 15.0 Å². The second-order valence-corrected chi connectivity index (χ2v) is 4.42. The molecule has 0 fully saturated rings. The smallest absolute Gasteiger partial charge is 0.180 e. The SMILES string of the molecule is COc1cc2c(cc1OC)C(=O)C(CO)(CO)CO2. The van der Waals surface area contributed by atoms with Crippen LogP contribution in [0.2, 0.25) is 0 Å². The van der Waals surface area contributed by atoms with Gasteiger partial charge < -0.3 is 24.4 Å². The number of carbonyl (C=O) groups is 1. The van der Waals surface area contributed by atoms with E-state index in [2.05, 4.69) is 0 Å². The Balaban J connectivity index is 2.52. The number of rotatable bonds is 4. The lowest BCUT2D eigenvalue weighted by molar-refractivity contribution is 0.0111. The van der Waals surface area contributed by atoms with Gasteiger partial charge in [0, 0.05) is 6.07 Å². The maximum absolute atomic E-state index is 12.4. The van der Waals surface area contributed by atoms with Gasteiger partial charge in [-0.15, -0.1) is 0 Å². The van der Waals surface area contributed by atoms with E-state index < -0.39 is 18.6 Å². The van der Waals surface area contributed by atoms with Gasteiger partial charge in [0.2, 0.25) is 0 Å². The normalized spacial score (nSPS) is 16.5. The van der Waals surface area contributed by atoms with E-state index in [4.69, 9.17) is 14.2 Å². The molecule has 1 aromatic carbocycles. The molecular weight excluding hydrogens is 252 g/mol. The van der Waals surface area contributed by atoms with Crippen LogP contribution in [0.5, 0.6) is 17.2 Å². The van der Waals surface area contributed by atoms with Crippen molar-refractivity contribution in [1.29, 1.82) is 0 Å². The highest BCUT2D eigenvalue weighted by Crippen LogP contribution is 2.40. The van der Waals surface area contributed by atoms with Crippen LogP contribution in [0.4, 0.5) is 0 Å². The maximum Gasteiger partial charge on any atom is 0.180 e. The van der Waals surface area contributed by atoms with Crippen molar-refractivity contribution in [1.82, 2.24) is 0 Å². The number of benzene rings is 1. The van der Waals surface area contributed by atoms with Gasteiger partial charge in [0.05, 0.1) is 33.0 Å². The van der Waals surface area contributed by atoms with E-state index >= 15 is 0 Å². The number of hydrogen-bond acceptors (Lipinski definition) is 6. The lowest BCUT2D eigenvalue weighted by Crippen LogP contribution is -2.46. The summed E-state index contributed by atoms with van der Waals surface area (Å²) in [5, 5.41) is 18.7. The Morgan fingerprint density at radius 2 is 1.79 bits per heavy atom. The van der Waals surface area contributed by atoms with Crippen molar-refractivity contribution in [2.75, 3.05) is 34.0 Å². The molecule has 0 bridgehead atoms. The van der Waals surface area contributed by atoms with Gasteiger partial charge in [-0.3, -0.25) is 4.79 Å². The predicted octanol–water partition coefficient (Wildman–Crippen LogP) is 0.250. The fourth-order valence-corrected chi connectivity index (χ4v) is 2.01. The van der Waals surface area contributed by atoms with Crippen LogP contribution in [0, 0.1) is 5.41 Å². The van der Waals surface area contributed by atoms with Crippen molar-refractivity contribution in [2.24, 2.45) is 5.41 Å². The van der Waals surface area contributed by atoms with Crippen LogP contribution in [0.1, 0.15) is 10.4 Å². The number of carbonyl (C=O) groups excluding carboxylic acids is 1. The zero-order chi connectivity index (χ0) is 14.0. The molecule has 0 unspecified atom stereocenters. The summed E-state index contributed by atoms with van der Waals surface area (Å²) < 4.78 is 15.7. The molecule has 6 nitrogen and oxygen atoms in total. The number of methoxy groups -OCH3 is 2. The molecule has 0 spiro atoms. The molecule has 19 heavy (non-hydrogen) atoms.